The van der Waals surface area contributed by atoms with Crippen LogP contribution in [0.3, 0.4) is 0 Å². The minimum atomic E-state index is -0.699. The summed E-state index contributed by atoms with van der Waals surface area (Å²) in [5.74, 6) is -2.01. The van der Waals surface area contributed by atoms with Crippen LogP contribution in [-0.2, 0) is 38.8 Å². The van der Waals surface area contributed by atoms with Crippen molar-refractivity contribution in [3.63, 3.8) is 0 Å². The maximum absolute atomic E-state index is 12.2. The van der Waals surface area contributed by atoms with Gasteiger partial charge in [-0.05, 0) is 53.1 Å². The van der Waals surface area contributed by atoms with Crippen molar-refractivity contribution in [3.05, 3.63) is 93.5 Å². The molecule has 0 atom stereocenters. The van der Waals surface area contributed by atoms with Crippen LogP contribution in [0.5, 0.6) is 11.5 Å². The normalized spacial score (nSPS) is 10.3. The third-order valence-corrected chi connectivity index (χ3v) is 5.72. The molecule has 11 heteroatoms. The predicted octanol–water partition coefficient (Wildman–Crippen LogP) is 3.48. The first-order valence-corrected chi connectivity index (χ1v) is 11.8. The van der Waals surface area contributed by atoms with Gasteiger partial charge in [0.1, 0.15) is 24.7 Å². The van der Waals surface area contributed by atoms with E-state index in [9.17, 15) is 24.3 Å². The molecule has 0 aliphatic heterocycles. The van der Waals surface area contributed by atoms with Crippen molar-refractivity contribution in [1.29, 1.82) is 0 Å². The van der Waals surface area contributed by atoms with Crippen LogP contribution < -0.4 is 9.47 Å². The molecule has 3 aromatic carbocycles. The maximum Gasteiger partial charge on any atom is 0.338 e. The van der Waals surface area contributed by atoms with Gasteiger partial charge < -0.3 is 33.5 Å². The lowest BCUT2D eigenvalue weighted by atomic mass is 10.0. The molecule has 0 bridgehead atoms. The van der Waals surface area contributed by atoms with E-state index in [-0.39, 0.29) is 42.1 Å². The average Bonchev–Trinajstić information content (AvgIpc) is 3.00. The van der Waals surface area contributed by atoms with Crippen LogP contribution in [0.1, 0.15) is 58.1 Å². The first-order valence-electron chi connectivity index (χ1n) is 11.8. The van der Waals surface area contributed by atoms with Crippen LogP contribution >= 0.6 is 0 Å². The molecule has 0 saturated heterocycles. The topological polar surface area (TPSA) is 144 Å². The van der Waals surface area contributed by atoms with Gasteiger partial charge >= 0.3 is 23.9 Å². The predicted molar refractivity (Wildman–Crippen MR) is 139 cm³/mol. The standard InChI is InChI=1S/C29H28O11/c1-35-26(31)22-7-5-17(11-24(22)28(33)37-3)15-39-20-9-19(14-30)10-21(13-20)40-16-18-6-8-23(27(32)36-2)25(12-18)29(34)38-4/h5-13,30H,14-16H2,1-4H3. The SMILES string of the molecule is COC(=O)c1ccc(COc2cc(CO)cc(OCc3ccc(C(=O)OC)c(C(=O)OC)c3)c2)cc1C(=O)OC. The fraction of sp³-hybridized carbons (Fsp3) is 0.241. The first-order chi connectivity index (χ1) is 19.2. The second-order valence-corrected chi connectivity index (χ2v) is 8.27. The van der Waals surface area contributed by atoms with Crippen LogP contribution in [0.15, 0.2) is 54.6 Å². The number of aliphatic hydroxyl groups excluding tert-OH is 1. The minimum Gasteiger partial charge on any atom is -0.489 e. The lowest BCUT2D eigenvalue weighted by molar-refractivity contribution is 0.0555. The summed E-state index contributed by atoms with van der Waals surface area (Å²) in [4.78, 5) is 48.4. The highest BCUT2D eigenvalue weighted by Gasteiger charge is 2.20. The van der Waals surface area contributed by atoms with Gasteiger partial charge in [-0.3, -0.25) is 0 Å². The van der Waals surface area contributed by atoms with Crippen molar-refractivity contribution in [2.45, 2.75) is 19.8 Å². The van der Waals surface area contributed by atoms with Gasteiger partial charge in [0.25, 0.3) is 0 Å². The Morgan fingerprint density at radius 1 is 0.525 bits per heavy atom. The molecule has 3 aromatic rings. The number of carbonyl (C=O) groups excluding carboxylic acids is 4. The summed E-state index contributed by atoms with van der Waals surface area (Å²) in [6.45, 7) is -0.233. The Bertz CT molecular complexity index is 1310. The smallest absolute Gasteiger partial charge is 0.338 e. The molecule has 0 amide bonds. The van der Waals surface area contributed by atoms with E-state index in [1.54, 1.807) is 30.3 Å². The molecule has 0 heterocycles. The zero-order valence-corrected chi connectivity index (χ0v) is 22.3. The second-order valence-electron chi connectivity index (χ2n) is 8.27. The molecule has 0 radical (unpaired) electrons. The van der Waals surface area contributed by atoms with Crippen LogP contribution in [0.2, 0.25) is 0 Å². The fourth-order valence-corrected chi connectivity index (χ4v) is 3.72. The second kappa shape index (κ2) is 13.8. The van der Waals surface area contributed by atoms with Crippen molar-refractivity contribution < 1.29 is 52.7 Å². The molecule has 0 fully saturated rings. The molecule has 11 nitrogen and oxygen atoms in total. The number of aliphatic hydroxyl groups is 1. The van der Waals surface area contributed by atoms with Gasteiger partial charge in [0.2, 0.25) is 0 Å². The van der Waals surface area contributed by atoms with Crippen molar-refractivity contribution in [2.75, 3.05) is 28.4 Å². The molecule has 0 aromatic heterocycles. The summed E-state index contributed by atoms with van der Waals surface area (Å²) in [6.07, 6.45) is 0. The highest BCUT2D eigenvalue weighted by atomic mass is 16.5. The van der Waals surface area contributed by atoms with Gasteiger partial charge in [-0.15, -0.1) is 0 Å². The molecule has 1 N–H and O–H groups in total. The largest absolute Gasteiger partial charge is 0.489 e. The Morgan fingerprint density at radius 3 is 1.25 bits per heavy atom. The third-order valence-electron chi connectivity index (χ3n) is 5.72. The molecular weight excluding hydrogens is 524 g/mol. The van der Waals surface area contributed by atoms with Crippen molar-refractivity contribution >= 4 is 23.9 Å². The van der Waals surface area contributed by atoms with E-state index < -0.39 is 23.9 Å². The maximum atomic E-state index is 12.2. The molecule has 3 rings (SSSR count). The lowest BCUT2D eigenvalue weighted by Gasteiger charge is -2.14. The van der Waals surface area contributed by atoms with E-state index in [0.717, 1.165) is 0 Å². The van der Waals surface area contributed by atoms with Gasteiger partial charge in [-0.25, -0.2) is 19.2 Å². The number of hydrogen-bond acceptors (Lipinski definition) is 11. The summed E-state index contributed by atoms with van der Waals surface area (Å²) >= 11 is 0. The van der Waals surface area contributed by atoms with Crippen LogP contribution in [0, 0.1) is 0 Å². The van der Waals surface area contributed by atoms with Gasteiger partial charge in [-0.2, -0.15) is 0 Å². The van der Waals surface area contributed by atoms with E-state index in [0.29, 0.717) is 28.2 Å². The fourth-order valence-electron chi connectivity index (χ4n) is 3.72. The monoisotopic (exact) mass is 552 g/mol. The van der Waals surface area contributed by atoms with Crippen LogP contribution in [-0.4, -0.2) is 57.4 Å². The average molecular weight is 553 g/mol. The van der Waals surface area contributed by atoms with E-state index in [1.165, 1.54) is 52.7 Å². The minimum absolute atomic E-state index is 0.0250. The van der Waals surface area contributed by atoms with Crippen molar-refractivity contribution in [2.24, 2.45) is 0 Å². The number of esters is 4. The highest BCUT2D eigenvalue weighted by Crippen LogP contribution is 2.26. The Hall–Kier alpha value is -4.90. The zero-order chi connectivity index (χ0) is 29.2. The summed E-state index contributed by atoms with van der Waals surface area (Å²) in [6, 6.07) is 13.9. The molecule has 0 aliphatic carbocycles. The van der Waals surface area contributed by atoms with Gasteiger partial charge in [0.15, 0.2) is 0 Å². The molecule has 210 valence electrons. The quantitative estimate of drug-likeness (QED) is 0.276. The molecular formula is C29H28O11. The summed E-state index contributed by atoms with van der Waals surface area (Å²) in [5.41, 5.74) is 1.86. The number of methoxy groups -OCH3 is 4. The van der Waals surface area contributed by atoms with E-state index in [2.05, 4.69) is 0 Å². The zero-order valence-electron chi connectivity index (χ0n) is 22.3. The molecule has 0 saturated carbocycles. The molecule has 0 unspecified atom stereocenters. The summed E-state index contributed by atoms with van der Waals surface area (Å²) < 4.78 is 30.7. The van der Waals surface area contributed by atoms with Gasteiger partial charge in [0.05, 0.1) is 57.3 Å². The summed E-state index contributed by atoms with van der Waals surface area (Å²) in [7, 11) is 4.84. The molecule has 0 aliphatic rings. The van der Waals surface area contributed by atoms with Crippen LogP contribution in [0.4, 0.5) is 0 Å². The third kappa shape index (κ3) is 7.14. The number of benzene rings is 3. The number of rotatable bonds is 11. The van der Waals surface area contributed by atoms with E-state index in [1.807, 2.05) is 0 Å². The van der Waals surface area contributed by atoms with Gasteiger partial charge in [0, 0.05) is 6.07 Å². The highest BCUT2D eigenvalue weighted by molar-refractivity contribution is 6.04. The number of ether oxygens (including phenoxy) is 6. The Kier molecular flexibility index (Phi) is 10.2. The molecule has 40 heavy (non-hydrogen) atoms. The van der Waals surface area contributed by atoms with E-state index in [4.69, 9.17) is 28.4 Å². The first kappa shape index (κ1) is 29.7. The van der Waals surface area contributed by atoms with Crippen LogP contribution in [0.25, 0.3) is 0 Å². The lowest BCUT2D eigenvalue weighted by Crippen LogP contribution is -2.13. The number of carbonyl (C=O) groups is 4. The summed E-state index contributed by atoms with van der Waals surface area (Å²) in [5, 5.41) is 9.72. The number of hydrogen-bond donors (Lipinski definition) is 1. The van der Waals surface area contributed by atoms with Gasteiger partial charge in [-0.1, -0.05) is 12.1 Å². The van der Waals surface area contributed by atoms with E-state index >= 15 is 0 Å². The Morgan fingerprint density at radius 2 is 0.900 bits per heavy atom. The molecule has 0 spiro atoms. The van der Waals surface area contributed by atoms with Crippen molar-refractivity contribution in [1.82, 2.24) is 0 Å². The Labute approximate surface area is 230 Å². The Balaban J connectivity index is 1.79. The van der Waals surface area contributed by atoms with Crippen molar-refractivity contribution in [3.8, 4) is 11.5 Å².